The number of hydrazone groups is 1. The molecule has 1 aromatic heterocycles. The number of hydrogen-bond donors (Lipinski definition) is 1. The van der Waals surface area contributed by atoms with Gasteiger partial charge in [0.15, 0.2) is 17.3 Å². The summed E-state index contributed by atoms with van der Waals surface area (Å²) in [5, 5.41) is 4.92. The average Bonchev–Trinajstić information content (AvgIpc) is 2.56. The first kappa shape index (κ1) is 17.2. The number of rotatable bonds is 6. The van der Waals surface area contributed by atoms with Crippen molar-refractivity contribution in [2.75, 3.05) is 26.8 Å². The molecule has 2 aromatic rings. The Hall–Kier alpha value is -2.18. The van der Waals surface area contributed by atoms with Crippen LogP contribution in [0.4, 0.5) is 5.82 Å². The van der Waals surface area contributed by atoms with Crippen LogP contribution in [-0.4, -0.2) is 32.5 Å². The van der Waals surface area contributed by atoms with Crippen LogP contribution in [0.2, 0.25) is 10.0 Å². The van der Waals surface area contributed by atoms with E-state index in [0.29, 0.717) is 38.7 Å². The van der Waals surface area contributed by atoms with Crippen LogP contribution >= 0.6 is 23.2 Å². The van der Waals surface area contributed by atoms with Gasteiger partial charge in [-0.15, -0.1) is 0 Å². The molecular formula is C15H15Cl2N3O3. The maximum absolute atomic E-state index is 6.01. The summed E-state index contributed by atoms with van der Waals surface area (Å²) in [4.78, 5) is 4.05. The first-order chi connectivity index (χ1) is 11.1. The van der Waals surface area contributed by atoms with Crippen LogP contribution < -0.4 is 19.6 Å². The highest BCUT2D eigenvalue weighted by atomic mass is 35.5. The van der Waals surface area contributed by atoms with E-state index in [1.54, 1.807) is 45.7 Å². The van der Waals surface area contributed by atoms with E-state index in [1.807, 2.05) is 0 Å². The minimum atomic E-state index is 0.369. The Labute approximate surface area is 144 Å². The molecule has 1 N–H and O–H groups in total. The molecule has 0 spiro atoms. The molecule has 2 rings (SSSR count). The van der Waals surface area contributed by atoms with Crippen LogP contribution in [0.25, 0.3) is 0 Å². The standard InChI is InChI=1S/C15H15Cl2N3O3/c1-21-12-6-14(23-3)13(22-2)4-9(12)7-19-20-15-11(17)5-10(16)8-18-15/h4-8H,1-3H3,(H,18,20)/b19-7-. The number of hydrogen-bond acceptors (Lipinski definition) is 6. The van der Waals surface area contributed by atoms with Crippen molar-refractivity contribution < 1.29 is 14.2 Å². The fraction of sp³-hybridized carbons (Fsp3) is 0.200. The van der Waals surface area contributed by atoms with Crippen LogP contribution in [0, 0.1) is 0 Å². The molecule has 1 aromatic carbocycles. The Kier molecular flexibility index (Phi) is 5.90. The smallest absolute Gasteiger partial charge is 0.165 e. The summed E-state index contributed by atoms with van der Waals surface area (Å²) < 4.78 is 15.8. The SMILES string of the molecule is COc1cc(OC)c(OC)cc1/C=N\Nc1ncc(Cl)cc1Cl. The molecule has 0 unspecified atom stereocenters. The van der Waals surface area contributed by atoms with E-state index in [-0.39, 0.29) is 0 Å². The Bertz CT molecular complexity index is 723. The second-order valence-corrected chi connectivity index (χ2v) is 5.15. The third kappa shape index (κ3) is 4.18. The van der Waals surface area contributed by atoms with Crippen molar-refractivity contribution in [2.24, 2.45) is 5.10 Å². The normalized spacial score (nSPS) is 10.7. The molecule has 122 valence electrons. The third-order valence-corrected chi connectivity index (χ3v) is 3.41. The van der Waals surface area contributed by atoms with Gasteiger partial charge in [0.1, 0.15) is 5.75 Å². The molecular weight excluding hydrogens is 341 g/mol. The van der Waals surface area contributed by atoms with E-state index < -0.39 is 0 Å². The minimum Gasteiger partial charge on any atom is -0.496 e. The number of aromatic nitrogens is 1. The molecule has 0 aliphatic heterocycles. The largest absolute Gasteiger partial charge is 0.496 e. The second-order valence-electron chi connectivity index (χ2n) is 4.30. The first-order valence-electron chi connectivity index (χ1n) is 6.49. The fourth-order valence-corrected chi connectivity index (χ4v) is 2.24. The molecule has 0 aliphatic carbocycles. The summed E-state index contributed by atoms with van der Waals surface area (Å²) in [5.74, 6) is 2.12. The van der Waals surface area contributed by atoms with Gasteiger partial charge >= 0.3 is 0 Å². The summed E-state index contributed by atoms with van der Waals surface area (Å²) in [6.45, 7) is 0. The zero-order chi connectivity index (χ0) is 16.8. The Morgan fingerprint density at radius 2 is 1.65 bits per heavy atom. The molecule has 0 saturated heterocycles. The van der Waals surface area contributed by atoms with Gasteiger partial charge in [-0.2, -0.15) is 5.10 Å². The Balaban J connectivity index is 2.24. The molecule has 8 heteroatoms. The predicted octanol–water partition coefficient (Wildman–Crippen LogP) is 3.86. The molecule has 0 bridgehead atoms. The number of halogens is 2. The third-order valence-electron chi connectivity index (χ3n) is 2.92. The van der Waals surface area contributed by atoms with Gasteiger partial charge in [0.25, 0.3) is 0 Å². The van der Waals surface area contributed by atoms with Gasteiger partial charge < -0.3 is 14.2 Å². The number of ether oxygens (including phenoxy) is 3. The van der Waals surface area contributed by atoms with Crippen molar-refractivity contribution in [2.45, 2.75) is 0 Å². The molecule has 1 heterocycles. The van der Waals surface area contributed by atoms with Gasteiger partial charge in [-0.3, -0.25) is 5.43 Å². The molecule has 0 fully saturated rings. The van der Waals surface area contributed by atoms with Crippen molar-refractivity contribution in [1.29, 1.82) is 0 Å². The van der Waals surface area contributed by atoms with Crippen molar-refractivity contribution in [1.82, 2.24) is 4.98 Å². The summed E-state index contributed by atoms with van der Waals surface area (Å²) in [6, 6.07) is 5.04. The highest BCUT2D eigenvalue weighted by Crippen LogP contribution is 2.33. The Morgan fingerprint density at radius 1 is 1.00 bits per heavy atom. The highest BCUT2D eigenvalue weighted by molar-refractivity contribution is 6.35. The summed E-state index contributed by atoms with van der Waals surface area (Å²) in [7, 11) is 4.67. The molecule has 0 amide bonds. The van der Waals surface area contributed by atoms with Crippen molar-refractivity contribution >= 4 is 35.2 Å². The number of benzene rings is 1. The second kappa shape index (κ2) is 7.89. The van der Waals surface area contributed by atoms with Crippen LogP contribution in [0.1, 0.15) is 5.56 Å². The van der Waals surface area contributed by atoms with Crippen molar-refractivity contribution in [3.63, 3.8) is 0 Å². The fourth-order valence-electron chi connectivity index (χ4n) is 1.81. The number of anilines is 1. The summed E-state index contributed by atoms with van der Waals surface area (Å²) in [6.07, 6.45) is 3.04. The maximum atomic E-state index is 6.01. The zero-order valence-electron chi connectivity index (χ0n) is 12.8. The molecule has 0 radical (unpaired) electrons. The van der Waals surface area contributed by atoms with Gasteiger partial charge in [-0.05, 0) is 12.1 Å². The summed E-state index contributed by atoms with van der Waals surface area (Å²) >= 11 is 11.8. The topological polar surface area (TPSA) is 65.0 Å². The lowest BCUT2D eigenvalue weighted by Crippen LogP contribution is -1.98. The lowest BCUT2D eigenvalue weighted by molar-refractivity contribution is 0.349. The van der Waals surface area contributed by atoms with Crippen LogP contribution in [0.15, 0.2) is 29.5 Å². The maximum Gasteiger partial charge on any atom is 0.165 e. The zero-order valence-corrected chi connectivity index (χ0v) is 14.3. The summed E-state index contributed by atoms with van der Waals surface area (Å²) in [5.41, 5.74) is 3.44. The molecule has 0 atom stereocenters. The van der Waals surface area contributed by atoms with Gasteiger partial charge in [-0.1, -0.05) is 23.2 Å². The van der Waals surface area contributed by atoms with Crippen LogP contribution in [0.3, 0.4) is 0 Å². The van der Waals surface area contributed by atoms with Crippen molar-refractivity contribution in [3.8, 4) is 17.2 Å². The van der Waals surface area contributed by atoms with Gasteiger partial charge in [0.2, 0.25) is 0 Å². The van der Waals surface area contributed by atoms with Gasteiger partial charge in [0.05, 0.1) is 37.6 Å². The number of nitrogens with zero attached hydrogens (tertiary/aromatic N) is 2. The van der Waals surface area contributed by atoms with Crippen molar-refractivity contribution in [3.05, 3.63) is 40.0 Å². The minimum absolute atomic E-state index is 0.369. The quantitative estimate of drug-likeness (QED) is 0.629. The number of pyridine rings is 1. The van der Waals surface area contributed by atoms with E-state index >= 15 is 0 Å². The molecule has 6 nitrogen and oxygen atoms in total. The number of nitrogens with one attached hydrogen (secondary N) is 1. The van der Waals surface area contributed by atoms with E-state index in [0.717, 1.165) is 0 Å². The van der Waals surface area contributed by atoms with Crippen LogP contribution in [-0.2, 0) is 0 Å². The average molecular weight is 356 g/mol. The van der Waals surface area contributed by atoms with Gasteiger partial charge in [-0.25, -0.2) is 4.98 Å². The van der Waals surface area contributed by atoms with E-state index in [1.165, 1.54) is 6.20 Å². The molecule has 0 saturated carbocycles. The highest BCUT2D eigenvalue weighted by Gasteiger charge is 2.10. The van der Waals surface area contributed by atoms with E-state index in [4.69, 9.17) is 37.4 Å². The van der Waals surface area contributed by atoms with E-state index in [2.05, 4.69) is 15.5 Å². The van der Waals surface area contributed by atoms with Gasteiger partial charge in [0, 0.05) is 17.8 Å². The predicted molar refractivity (Wildman–Crippen MR) is 91.6 cm³/mol. The monoisotopic (exact) mass is 355 g/mol. The van der Waals surface area contributed by atoms with Crippen LogP contribution in [0.5, 0.6) is 17.2 Å². The molecule has 0 aliphatic rings. The lowest BCUT2D eigenvalue weighted by Gasteiger charge is -2.11. The lowest BCUT2D eigenvalue weighted by atomic mass is 10.2. The molecule has 23 heavy (non-hydrogen) atoms. The Morgan fingerprint density at radius 3 is 2.26 bits per heavy atom. The number of methoxy groups -OCH3 is 3. The first-order valence-corrected chi connectivity index (χ1v) is 7.24. The van der Waals surface area contributed by atoms with E-state index in [9.17, 15) is 0 Å².